The van der Waals surface area contributed by atoms with Crippen LogP contribution in [-0.4, -0.2) is 17.4 Å². The van der Waals surface area contributed by atoms with Crippen LogP contribution in [0.25, 0.3) is 0 Å². The number of nitrogens with one attached hydrogen (secondary N) is 1. The van der Waals surface area contributed by atoms with Gasteiger partial charge < -0.3 is 10.1 Å². The van der Waals surface area contributed by atoms with E-state index in [-0.39, 0.29) is 18.7 Å². The van der Waals surface area contributed by atoms with Gasteiger partial charge in [0.25, 0.3) is 0 Å². The molecule has 0 radical (unpaired) electrons. The van der Waals surface area contributed by atoms with Gasteiger partial charge >= 0.3 is 0 Å². The zero-order chi connectivity index (χ0) is 19.8. The number of amides is 1. The van der Waals surface area contributed by atoms with Crippen LogP contribution in [0.15, 0.2) is 67.0 Å². The van der Waals surface area contributed by atoms with Crippen molar-refractivity contribution in [1.29, 1.82) is 0 Å². The van der Waals surface area contributed by atoms with Crippen LogP contribution in [0.1, 0.15) is 17.5 Å². The first-order valence-electron chi connectivity index (χ1n) is 8.97. The minimum absolute atomic E-state index is 0.147. The maximum absolute atomic E-state index is 13.6. The van der Waals surface area contributed by atoms with E-state index in [1.165, 1.54) is 12.1 Å². The van der Waals surface area contributed by atoms with Crippen molar-refractivity contribution in [2.45, 2.75) is 19.3 Å². The molecular formula is C22H20F2N2O2. The number of carbonyl (C=O) groups excluding carboxylic acids is 1. The fourth-order valence-electron chi connectivity index (χ4n) is 2.71. The summed E-state index contributed by atoms with van der Waals surface area (Å²) < 4.78 is 32.2. The van der Waals surface area contributed by atoms with Crippen LogP contribution in [-0.2, 0) is 17.6 Å². The van der Waals surface area contributed by atoms with Gasteiger partial charge in [0.2, 0.25) is 5.91 Å². The van der Waals surface area contributed by atoms with E-state index in [1.807, 2.05) is 24.3 Å². The molecule has 1 amide bonds. The van der Waals surface area contributed by atoms with Gasteiger partial charge in [-0.25, -0.2) is 8.78 Å². The average Bonchev–Trinajstić information content (AvgIpc) is 2.68. The summed E-state index contributed by atoms with van der Waals surface area (Å²) in [6.45, 7) is 0.462. The normalized spacial score (nSPS) is 10.5. The number of aryl methyl sites for hydroxylation is 1. The summed E-state index contributed by atoms with van der Waals surface area (Å²) in [6.07, 6.45) is 4.34. The van der Waals surface area contributed by atoms with E-state index < -0.39 is 11.6 Å². The summed E-state index contributed by atoms with van der Waals surface area (Å²) in [5.74, 6) is -0.0112. The number of rotatable bonds is 8. The van der Waals surface area contributed by atoms with Crippen molar-refractivity contribution in [2.75, 3.05) is 6.54 Å². The summed E-state index contributed by atoms with van der Waals surface area (Å²) in [6, 6.07) is 14.6. The molecule has 3 aromatic rings. The maximum Gasteiger partial charge on any atom is 0.220 e. The fraction of sp³-hybridized carbons (Fsp3) is 0.182. The third kappa shape index (κ3) is 5.87. The Labute approximate surface area is 162 Å². The molecule has 2 aromatic carbocycles. The lowest BCUT2D eigenvalue weighted by atomic mass is 10.1. The summed E-state index contributed by atoms with van der Waals surface area (Å²) >= 11 is 0. The molecule has 0 atom stereocenters. The van der Waals surface area contributed by atoms with E-state index in [0.717, 1.165) is 11.6 Å². The van der Waals surface area contributed by atoms with Crippen molar-refractivity contribution >= 4 is 5.91 Å². The number of hydrogen-bond acceptors (Lipinski definition) is 3. The molecule has 0 spiro atoms. The lowest BCUT2D eigenvalue weighted by molar-refractivity contribution is -0.121. The molecule has 0 unspecified atom stereocenters. The van der Waals surface area contributed by atoms with Crippen molar-refractivity contribution < 1.29 is 18.3 Å². The Hall–Kier alpha value is -3.28. The molecule has 1 heterocycles. The molecule has 0 bridgehead atoms. The number of hydrogen-bond donors (Lipinski definition) is 1. The van der Waals surface area contributed by atoms with Crippen LogP contribution >= 0.6 is 0 Å². The first-order valence-corrected chi connectivity index (χ1v) is 8.97. The van der Waals surface area contributed by atoms with Gasteiger partial charge in [-0.05, 0) is 54.3 Å². The minimum atomic E-state index is -0.626. The second-order valence-corrected chi connectivity index (χ2v) is 6.27. The molecule has 28 heavy (non-hydrogen) atoms. The highest BCUT2D eigenvalue weighted by Crippen LogP contribution is 2.21. The van der Waals surface area contributed by atoms with Gasteiger partial charge in [0.05, 0.1) is 0 Å². The van der Waals surface area contributed by atoms with E-state index in [9.17, 15) is 13.6 Å². The van der Waals surface area contributed by atoms with Crippen LogP contribution in [0.4, 0.5) is 8.78 Å². The second kappa shape index (κ2) is 9.60. The zero-order valence-corrected chi connectivity index (χ0v) is 15.2. The predicted molar refractivity (Wildman–Crippen MR) is 102 cm³/mol. The Morgan fingerprint density at radius 3 is 2.57 bits per heavy atom. The topological polar surface area (TPSA) is 51.2 Å². The van der Waals surface area contributed by atoms with Gasteiger partial charge in [-0.2, -0.15) is 0 Å². The molecule has 0 aliphatic carbocycles. The molecule has 0 saturated heterocycles. The molecule has 6 heteroatoms. The molecule has 1 N–H and O–H groups in total. The van der Waals surface area contributed by atoms with Crippen LogP contribution in [0.3, 0.4) is 0 Å². The molecule has 0 aliphatic heterocycles. The number of pyridine rings is 1. The van der Waals surface area contributed by atoms with Crippen LogP contribution in [0.2, 0.25) is 0 Å². The Kier molecular flexibility index (Phi) is 6.68. The quantitative estimate of drug-likeness (QED) is 0.627. The van der Waals surface area contributed by atoms with Gasteiger partial charge in [-0.15, -0.1) is 0 Å². The highest BCUT2D eigenvalue weighted by atomic mass is 19.1. The van der Waals surface area contributed by atoms with E-state index in [1.54, 1.807) is 24.5 Å². The van der Waals surface area contributed by atoms with Crippen molar-refractivity contribution in [1.82, 2.24) is 10.3 Å². The van der Waals surface area contributed by atoms with E-state index >= 15 is 0 Å². The summed E-state index contributed by atoms with van der Waals surface area (Å²) in [7, 11) is 0. The first kappa shape index (κ1) is 19.5. The van der Waals surface area contributed by atoms with Crippen LogP contribution in [0.5, 0.6) is 11.5 Å². The zero-order valence-electron chi connectivity index (χ0n) is 15.2. The van der Waals surface area contributed by atoms with Gasteiger partial charge in [0.15, 0.2) is 0 Å². The van der Waals surface area contributed by atoms with Gasteiger partial charge in [0.1, 0.15) is 23.1 Å². The fourth-order valence-corrected chi connectivity index (χ4v) is 2.71. The third-order valence-corrected chi connectivity index (χ3v) is 4.16. The lowest BCUT2D eigenvalue weighted by Gasteiger charge is -2.09. The molecule has 144 valence electrons. The summed E-state index contributed by atoms with van der Waals surface area (Å²) in [5.41, 5.74) is 1.36. The number of ether oxygens (including phenoxy) is 1. The first-order chi connectivity index (χ1) is 13.6. The summed E-state index contributed by atoms with van der Waals surface area (Å²) in [5, 5.41) is 2.82. The molecule has 0 aliphatic rings. The van der Waals surface area contributed by atoms with E-state index in [2.05, 4.69) is 10.3 Å². The molecule has 1 aromatic heterocycles. The highest BCUT2D eigenvalue weighted by molar-refractivity contribution is 5.76. The average molecular weight is 382 g/mol. The van der Waals surface area contributed by atoms with Gasteiger partial charge in [-0.3, -0.25) is 9.78 Å². The smallest absolute Gasteiger partial charge is 0.220 e. The molecule has 0 saturated carbocycles. The van der Waals surface area contributed by atoms with Crippen molar-refractivity contribution in [3.05, 3.63) is 89.8 Å². The Morgan fingerprint density at radius 2 is 1.79 bits per heavy atom. The Bertz CT molecular complexity index is 933. The molecular weight excluding hydrogens is 362 g/mol. The molecule has 0 fully saturated rings. The molecule has 4 nitrogen and oxygen atoms in total. The largest absolute Gasteiger partial charge is 0.457 e. The Morgan fingerprint density at radius 1 is 0.964 bits per heavy atom. The molecule has 3 rings (SSSR count). The monoisotopic (exact) mass is 382 g/mol. The van der Waals surface area contributed by atoms with Crippen molar-refractivity contribution in [2.24, 2.45) is 0 Å². The number of benzene rings is 2. The van der Waals surface area contributed by atoms with E-state index in [0.29, 0.717) is 30.0 Å². The number of halogens is 2. The van der Waals surface area contributed by atoms with Crippen molar-refractivity contribution in [3.63, 3.8) is 0 Å². The Balaban J connectivity index is 1.44. The van der Waals surface area contributed by atoms with Crippen LogP contribution < -0.4 is 10.1 Å². The minimum Gasteiger partial charge on any atom is -0.457 e. The van der Waals surface area contributed by atoms with Crippen LogP contribution in [0, 0.1) is 11.6 Å². The predicted octanol–water partition coefficient (Wildman–Crippen LogP) is 4.44. The highest BCUT2D eigenvalue weighted by Gasteiger charge is 2.07. The van der Waals surface area contributed by atoms with Crippen molar-refractivity contribution in [3.8, 4) is 11.5 Å². The third-order valence-electron chi connectivity index (χ3n) is 4.16. The number of aromatic nitrogens is 1. The summed E-state index contributed by atoms with van der Waals surface area (Å²) in [4.78, 5) is 15.9. The van der Waals surface area contributed by atoms with E-state index in [4.69, 9.17) is 4.74 Å². The van der Waals surface area contributed by atoms with Gasteiger partial charge in [-0.1, -0.05) is 18.2 Å². The van der Waals surface area contributed by atoms with Gasteiger partial charge in [0, 0.05) is 31.4 Å². The maximum atomic E-state index is 13.6. The SMILES string of the molecule is O=C(CCc1ccc(F)cc1F)NCCc1cccc(Oc2ccncc2)c1. The standard InChI is InChI=1S/C22H20F2N2O2/c23-18-6-4-17(21(24)15-18)5-7-22(27)26-13-8-16-2-1-3-20(14-16)28-19-9-11-25-12-10-19/h1-4,6,9-12,14-15H,5,7-8,13H2,(H,26,27). The number of nitrogens with zero attached hydrogens (tertiary/aromatic N) is 1. The second-order valence-electron chi connectivity index (χ2n) is 6.27. The number of carbonyl (C=O) groups is 1. The lowest BCUT2D eigenvalue weighted by Crippen LogP contribution is -2.26.